The Kier molecular flexibility index (Phi) is 3.99. The number of carbonyl (C=O) groups is 2. The van der Waals surface area contributed by atoms with Crippen LogP contribution in [0.3, 0.4) is 0 Å². The highest BCUT2D eigenvalue weighted by atomic mass is 16.2. The number of likely N-dealkylation sites (N-methyl/N-ethyl adjacent to an activating group) is 1. The molecule has 5 nitrogen and oxygen atoms in total. The number of carbonyl (C=O) groups excluding carboxylic acids is 2. The standard InChI is InChI=1S/C12H21N3O2/c1-13-12(17)10-5-3-7-15(10)11(16)8-9-4-2-6-14-9/h9-10,14H,2-8H2,1H3,(H,13,17). The van der Waals surface area contributed by atoms with Crippen LogP contribution in [0, 0.1) is 0 Å². The molecule has 2 saturated heterocycles. The summed E-state index contributed by atoms with van der Waals surface area (Å²) in [5, 5.41) is 5.96. The summed E-state index contributed by atoms with van der Waals surface area (Å²) in [6, 6.07) is 0.0716. The molecule has 2 rings (SSSR count). The topological polar surface area (TPSA) is 61.4 Å². The fourth-order valence-electron chi connectivity index (χ4n) is 2.76. The maximum Gasteiger partial charge on any atom is 0.242 e. The summed E-state index contributed by atoms with van der Waals surface area (Å²) in [5.41, 5.74) is 0. The number of nitrogens with one attached hydrogen (secondary N) is 2. The van der Waals surface area contributed by atoms with E-state index in [4.69, 9.17) is 0 Å². The lowest BCUT2D eigenvalue weighted by molar-refractivity contribution is -0.138. The molecule has 0 radical (unpaired) electrons. The number of likely N-dealkylation sites (tertiary alicyclic amines) is 1. The fraction of sp³-hybridized carbons (Fsp3) is 0.833. The number of rotatable bonds is 3. The van der Waals surface area contributed by atoms with Gasteiger partial charge in [-0.25, -0.2) is 0 Å². The summed E-state index contributed by atoms with van der Waals surface area (Å²) in [5.74, 6) is 0.0886. The molecule has 17 heavy (non-hydrogen) atoms. The lowest BCUT2D eigenvalue weighted by atomic mass is 10.1. The first-order valence-corrected chi connectivity index (χ1v) is 6.47. The first-order valence-electron chi connectivity index (χ1n) is 6.47. The van der Waals surface area contributed by atoms with E-state index in [1.165, 1.54) is 0 Å². The molecule has 0 aromatic rings. The van der Waals surface area contributed by atoms with Crippen molar-refractivity contribution >= 4 is 11.8 Å². The predicted octanol–water partition coefficient (Wildman–Crippen LogP) is -0.134. The van der Waals surface area contributed by atoms with Crippen LogP contribution in [0.4, 0.5) is 0 Å². The second-order valence-corrected chi connectivity index (χ2v) is 4.86. The van der Waals surface area contributed by atoms with Gasteiger partial charge in [-0.3, -0.25) is 9.59 Å². The van der Waals surface area contributed by atoms with Crippen molar-refractivity contribution < 1.29 is 9.59 Å². The van der Waals surface area contributed by atoms with Crippen molar-refractivity contribution in [2.45, 2.75) is 44.2 Å². The maximum atomic E-state index is 12.1. The molecule has 0 aromatic heterocycles. The van der Waals surface area contributed by atoms with E-state index in [-0.39, 0.29) is 17.9 Å². The Bertz CT molecular complexity index is 300. The van der Waals surface area contributed by atoms with Crippen LogP contribution < -0.4 is 10.6 Å². The quantitative estimate of drug-likeness (QED) is 0.721. The molecule has 0 spiro atoms. The largest absolute Gasteiger partial charge is 0.357 e. The van der Waals surface area contributed by atoms with Crippen LogP contribution in [0.25, 0.3) is 0 Å². The summed E-state index contributed by atoms with van der Waals surface area (Å²) >= 11 is 0. The number of hydrogen-bond acceptors (Lipinski definition) is 3. The van der Waals surface area contributed by atoms with E-state index in [1.807, 2.05) is 0 Å². The zero-order valence-electron chi connectivity index (χ0n) is 10.4. The monoisotopic (exact) mass is 239 g/mol. The zero-order valence-corrected chi connectivity index (χ0v) is 10.4. The molecule has 2 atom stereocenters. The van der Waals surface area contributed by atoms with Crippen molar-refractivity contribution in [1.29, 1.82) is 0 Å². The highest BCUT2D eigenvalue weighted by molar-refractivity contribution is 5.88. The molecule has 2 heterocycles. The Morgan fingerprint density at radius 2 is 2.18 bits per heavy atom. The van der Waals surface area contributed by atoms with Gasteiger partial charge in [-0.15, -0.1) is 0 Å². The van der Waals surface area contributed by atoms with Crippen LogP contribution in [0.1, 0.15) is 32.1 Å². The summed E-state index contributed by atoms with van der Waals surface area (Å²) in [6.45, 7) is 1.74. The van der Waals surface area contributed by atoms with Gasteiger partial charge in [-0.2, -0.15) is 0 Å². The SMILES string of the molecule is CNC(=O)C1CCCN1C(=O)CC1CCCN1. The van der Waals surface area contributed by atoms with Gasteiger partial charge < -0.3 is 15.5 Å². The average Bonchev–Trinajstić information content (AvgIpc) is 2.97. The van der Waals surface area contributed by atoms with Crippen molar-refractivity contribution in [1.82, 2.24) is 15.5 Å². The molecular weight excluding hydrogens is 218 g/mol. The van der Waals surface area contributed by atoms with Crippen molar-refractivity contribution in [2.24, 2.45) is 0 Å². The van der Waals surface area contributed by atoms with E-state index in [1.54, 1.807) is 11.9 Å². The van der Waals surface area contributed by atoms with E-state index in [2.05, 4.69) is 10.6 Å². The van der Waals surface area contributed by atoms with Gasteiger partial charge in [0.25, 0.3) is 0 Å². The molecule has 5 heteroatoms. The van der Waals surface area contributed by atoms with Crippen LogP contribution in [-0.4, -0.2) is 48.9 Å². The number of hydrogen-bond donors (Lipinski definition) is 2. The van der Waals surface area contributed by atoms with Gasteiger partial charge in [-0.05, 0) is 32.2 Å². The van der Waals surface area contributed by atoms with Crippen molar-refractivity contribution in [2.75, 3.05) is 20.1 Å². The first kappa shape index (κ1) is 12.4. The van der Waals surface area contributed by atoms with Gasteiger partial charge in [0.05, 0.1) is 0 Å². The summed E-state index contributed by atoms with van der Waals surface area (Å²) in [6.07, 6.45) is 4.49. The van der Waals surface area contributed by atoms with Gasteiger partial charge in [0.15, 0.2) is 0 Å². The molecule has 0 saturated carbocycles. The van der Waals surface area contributed by atoms with E-state index < -0.39 is 0 Å². The minimum Gasteiger partial charge on any atom is -0.357 e. The molecule has 0 bridgehead atoms. The Balaban J connectivity index is 1.90. The third-order valence-corrected chi connectivity index (χ3v) is 3.71. The summed E-state index contributed by atoms with van der Waals surface area (Å²) in [4.78, 5) is 25.5. The Labute approximate surface area is 102 Å². The van der Waals surface area contributed by atoms with Crippen molar-refractivity contribution in [3.05, 3.63) is 0 Å². The molecule has 2 unspecified atom stereocenters. The van der Waals surface area contributed by atoms with Gasteiger partial charge in [0.2, 0.25) is 11.8 Å². The third kappa shape index (κ3) is 2.77. The molecular formula is C12H21N3O2. The van der Waals surface area contributed by atoms with Gasteiger partial charge in [0, 0.05) is 26.1 Å². The fourth-order valence-corrected chi connectivity index (χ4v) is 2.76. The molecule has 2 amide bonds. The van der Waals surface area contributed by atoms with Crippen LogP contribution >= 0.6 is 0 Å². The maximum absolute atomic E-state index is 12.1. The van der Waals surface area contributed by atoms with Gasteiger partial charge in [0.1, 0.15) is 6.04 Å². The molecule has 0 aliphatic carbocycles. The van der Waals surface area contributed by atoms with E-state index in [0.29, 0.717) is 12.5 Å². The average molecular weight is 239 g/mol. The van der Waals surface area contributed by atoms with E-state index in [0.717, 1.165) is 38.8 Å². The lowest BCUT2D eigenvalue weighted by Crippen LogP contribution is -2.46. The van der Waals surface area contributed by atoms with Crippen molar-refractivity contribution in [3.8, 4) is 0 Å². The Morgan fingerprint density at radius 3 is 2.82 bits per heavy atom. The minimum atomic E-state index is -0.242. The van der Waals surface area contributed by atoms with Crippen LogP contribution in [0.2, 0.25) is 0 Å². The molecule has 2 aliphatic heterocycles. The highest BCUT2D eigenvalue weighted by Crippen LogP contribution is 2.20. The molecule has 2 aliphatic rings. The molecule has 2 fully saturated rings. The highest BCUT2D eigenvalue weighted by Gasteiger charge is 2.34. The second kappa shape index (κ2) is 5.49. The smallest absolute Gasteiger partial charge is 0.242 e. The van der Waals surface area contributed by atoms with E-state index in [9.17, 15) is 9.59 Å². The van der Waals surface area contributed by atoms with Crippen LogP contribution in [-0.2, 0) is 9.59 Å². The Hall–Kier alpha value is -1.10. The Morgan fingerprint density at radius 1 is 1.35 bits per heavy atom. The number of amides is 2. The summed E-state index contributed by atoms with van der Waals surface area (Å²) in [7, 11) is 1.63. The predicted molar refractivity (Wildman–Crippen MR) is 64.4 cm³/mol. The lowest BCUT2D eigenvalue weighted by Gasteiger charge is -2.24. The molecule has 0 aromatic carbocycles. The zero-order chi connectivity index (χ0) is 12.3. The second-order valence-electron chi connectivity index (χ2n) is 4.86. The summed E-state index contributed by atoms with van der Waals surface area (Å²) < 4.78 is 0. The first-order chi connectivity index (χ1) is 8.22. The van der Waals surface area contributed by atoms with Crippen LogP contribution in [0.15, 0.2) is 0 Å². The third-order valence-electron chi connectivity index (χ3n) is 3.71. The molecule has 2 N–H and O–H groups in total. The van der Waals surface area contributed by atoms with Crippen molar-refractivity contribution in [3.63, 3.8) is 0 Å². The van der Waals surface area contributed by atoms with Crippen LogP contribution in [0.5, 0.6) is 0 Å². The van der Waals surface area contributed by atoms with E-state index >= 15 is 0 Å². The minimum absolute atomic E-state index is 0.0322. The molecule has 96 valence electrons. The normalized spacial score (nSPS) is 28.4. The van der Waals surface area contributed by atoms with Gasteiger partial charge in [-0.1, -0.05) is 0 Å². The van der Waals surface area contributed by atoms with Gasteiger partial charge >= 0.3 is 0 Å². The number of nitrogens with zero attached hydrogens (tertiary/aromatic N) is 1.